The molecule has 0 aliphatic rings. The van der Waals surface area contributed by atoms with E-state index < -0.39 is 17.6 Å². The van der Waals surface area contributed by atoms with E-state index in [1.807, 2.05) is 0 Å². The molecule has 2 aromatic carbocycles. The minimum Gasteiger partial charge on any atom is -0.461 e. The van der Waals surface area contributed by atoms with Crippen LogP contribution in [-0.4, -0.2) is 32.2 Å². The first-order valence-electron chi connectivity index (χ1n) is 11.7. The zero-order valence-electron chi connectivity index (χ0n) is 20.3. The molecule has 40 heavy (non-hydrogen) atoms. The number of aromatic nitrogens is 4. The minimum atomic E-state index is -4.53. The van der Waals surface area contributed by atoms with Crippen LogP contribution in [0.4, 0.5) is 13.2 Å². The van der Waals surface area contributed by atoms with E-state index in [1.165, 1.54) is 29.2 Å². The zero-order chi connectivity index (χ0) is 28.3. The summed E-state index contributed by atoms with van der Waals surface area (Å²) < 4.78 is 52.5. The summed E-state index contributed by atoms with van der Waals surface area (Å²) in [5.41, 5.74) is 0.291. The molecule has 0 bridgehead atoms. The number of carbonyl (C=O) groups excluding carboxylic acids is 1. The Kier molecular flexibility index (Phi) is 8.19. The molecular weight excluding hydrogens is 590 g/mol. The first kappa shape index (κ1) is 27.8. The van der Waals surface area contributed by atoms with Gasteiger partial charge in [-0.1, -0.05) is 47.1 Å². The fraction of sp³-hybridized carbons (Fsp3) is 0.154. The fourth-order valence-electron chi connectivity index (χ4n) is 3.72. The summed E-state index contributed by atoms with van der Waals surface area (Å²) >= 11 is 13.2. The van der Waals surface area contributed by atoms with Crippen LogP contribution in [0.15, 0.2) is 81.1 Å². The van der Waals surface area contributed by atoms with Gasteiger partial charge in [0.1, 0.15) is 6.26 Å². The summed E-state index contributed by atoms with van der Waals surface area (Å²) in [7, 11) is 0. The number of furan rings is 1. The number of hydrogen-bond donors (Lipinski definition) is 1. The second-order valence-electron chi connectivity index (χ2n) is 8.32. The molecule has 1 N–H and O–H groups in total. The molecule has 0 unspecified atom stereocenters. The van der Waals surface area contributed by atoms with Crippen molar-refractivity contribution >= 4 is 40.9 Å². The van der Waals surface area contributed by atoms with E-state index in [-0.39, 0.29) is 34.0 Å². The minimum absolute atomic E-state index is 0.0772. The molecule has 14 heteroatoms. The lowest BCUT2D eigenvalue weighted by molar-refractivity contribution is -0.137. The number of oxazole rings is 1. The van der Waals surface area contributed by atoms with Crippen molar-refractivity contribution in [2.45, 2.75) is 23.5 Å². The molecule has 0 saturated heterocycles. The Hall–Kier alpha value is -3.74. The second kappa shape index (κ2) is 11.8. The third-order valence-electron chi connectivity index (χ3n) is 5.61. The topological polar surface area (TPSA) is 99.0 Å². The number of nitrogens with one attached hydrogen (secondary N) is 1. The lowest BCUT2D eigenvalue weighted by Crippen LogP contribution is -2.26. The summed E-state index contributed by atoms with van der Waals surface area (Å²) in [6.45, 7) is 0.312. The molecule has 1 amide bonds. The number of thioether (sulfide) groups is 1. The number of alkyl halides is 3. The van der Waals surface area contributed by atoms with Crippen LogP contribution < -0.4 is 5.32 Å². The number of hydrogen-bond acceptors (Lipinski definition) is 7. The van der Waals surface area contributed by atoms with Crippen LogP contribution in [0.25, 0.3) is 17.3 Å². The normalized spacial score (nSPS) is 11.6. The number of halogens is 5. The molecule has 8 nitrogen and oxygen atoms in total. The fourth-order valence-corrected chi connectivity index (χ4v) is 5.02. The van der Waals surface area contributed by atoms with Crippen molar-refractivity contribution in [3.8, 4) is 17.3 Å². The van der Waals surface area contributed by atoms with Crippen molar-refractivity contribution in [1.29, 1.82) is 0 Å². The highest BCUT2D eigenvalue weighted by atomic mass is 35.5. The van der Waals surface area contributed by atoms with Gasteiger partial charge in [-0.3, -0.25) is 9.36 Å². The van der Waals surface area contributed by atoms with E-state index in [4.69, 9.17) is 32.0 Å². The number of amides is 1. The molecule has 3 heterocycles. The molecule has 5 aromatic rings. The Morgan fingerprint density at radius 2 is 1.90 bits per heavy atom. The Morgan fingerprint density at radius 1 is 1.05 bits per heavy atom. The molecule has 5 rings (SSSR count). The highest BCUT2D eigenvalue weighted by Crippen LogP contribution is 2.34. The molecule has 0 radical (unpaired) electrons. The zero-order valence-corrected chi connectivity index (χ0v) is 22.6. The molecule has 0 aliphatic heterocycles. The third kappa shape index (κ3) is 6.35. The maximum absolute atomic E-state index is 13.4. The summed E-state index contributed by atoms with van der Waals surface area (Å²) in [5, 5.41) is 12.3. The molecule has 0 aliphatic carbocycles. The third-order valence-corrected chi connectivity index (χ3v) is 7.11. The SMILES string of the molecule is O=C(NCCc1ccc(Cl)cc1Cl)c1coc(CSc2nnc(-c3ccco3)n2-c2cccc(C(F)(F)F)c2)n1. The van der Waals surface area contributed by atoms with Crippen molar-refractivity contribution < 1.29 is 26.8 Å². The molecular formula is C26H18Cl2F3N5O3S. The highest BCUT2D eigenvalue weighted by molar-refractivity contribution is 7.98. The first-order valence-corrected chi connectivity index (χ1v) is 13.4. The molecule has 0 saturated carbocycles. The Bertz CT molecular complexity index is 1640. The summed E-state index contributed by atoms with van der Waals surface area (Å²) in [5.74, 6) is 0.460. The average molecular weight is 608 g/mol. The van der Waals surface area contributed by atoms with Crippen LogP contribution in [0.2, 0.25) is 10.0 Å². The number of carbonyl (C=O) groups is 1. The summed E-state index contributed by atoms with van der Waals surface area (Å²) in [6, 6.07) is 13.2. The van der Waals surface area contributed by atoms with Crippen LogP contribution in [0, 0.1) is 0 Å². The molecule has 3 aromatic heterocycles. The number of rotatable bonds is 9. The van der Waals surface area contributed by atoms with Crippen LogP contribution in [0.1, 0.15) is 27.5 Å². The molecule has 206 valence electrons. The van der Waals surface area contributed by atoms with Gasteiger partial charge in [-0.25, -0.2) is 4.98 Å². The predicted octanol–water partition coefficient (Wildman–Crippen LogP) is 7.11. The van der Waals surface area contributed by atoms with Gasteiger partial charge in [0.15, 0.2) is 16.6 Å². The maximum atomic E-state index is 13.4. The van der Waals surface area contributed by atoms with Crippen molar-refractivity contribution in [3.63, 3.8) is 0 Å². The second-order valence-corrected chi connectivity index (χ2v) is 10.1. The van der Waals surface area contributed by atoms with E-state index in [2.05, 4.69) is 20.5 Å². The number of benzene rings is 2. The van der Waals surface area contributed by atoms with Crippen LogP contribution in [-0.2, 0) is 18.3 Å². The van der Waals surface area contributed by atoms with Gasteiger partial charge in [-0.05, 0) is 54.4 Å². The van der Waals surface area contributed by atoms with Gasteiger partial charge in [0.2, 0.25) is 11.7 Å². The Morgan fingerprint density at radius 3 is 2.65 bits per heavy atom. The highest BCUT2D eigenvalue weighted by Gasteiger charge is 2.31. The van der Waals surface area contributed by atoms with Gasteiger partial charge in [0, 0.05) is 16.6 Å². The van der Waals surface area contributed by atoms with Crippen LogP contribution in [0.3, 0.4) is 0 Å². The molecule has 0 spiro atoms. The lowest BCUT2D eigenvalue weighted by Gasteiger charge is -2.12. The monoisotopic (exact) mass is 607 g/mol. The van der Waals surface area contributed by atoms with Crippen molar-refractivity contribution in [2.24, 2.45) is 0 Å². The van der Waals surface area contributed by atoms with E-state index in [9.17, 15) is 18.0 Å². The summed E-state index contributed by atoms with van der Waals surface area (Å²) in [6.07, 6.45) is -1.38. The van der Waals surface area contributed by atoms with Gasteiger partial charge in [0.05, 0.1) is 23.3 Å². The summed E-state index contributed by atoms with van der Waals surface area (Å²) in [4.78, 5) is 16.7. The van der Waals surface area contributed by atoms with E-state index in [0.29, 0.717) is 28.8 Å². The van der Waals surface area contributed by atoms with Gasteiger partial charge in [-0.15, -0.1) is 10.2 Å². The van der Waals surface area contributed by atoms with Crippen molar-refractivity contribution in [3.05, 3.63) is 99.9 Å². The van der Waals surface area contributed by atoms with Crippen LogP contribution >= 0.6 is 35.0 Å². The van der Waals surface area contributed by atoms with Gasteiger partial charge in [0.25, 0.3) is 5.91 Å². The van der Waals surface area contributed by atoms with E-state index in [1.54, 1.807) is 30.3 Å². The Balaban J connectivity index is 1.28. The Labute approximate surface area is 239 Å². The van der Waals surface area contributed by atoms with Crippen molar-refractivity contribution in [1.82, 2.24) is 25.1 Å². The van der Waals surface area contributed by atoms with E-state index in [0.717, 1.165) is 29.5 Å². The quantitative estimate of drug-likeness (QED) is 0.178. The number of nitrogens with zero attached hydrogens (tertiary/aromatic N) is 4. The average Bonchev–Trinajstić information content (AvgIpc) is 3.69. The predicted molar refractivity (Wildman–Crippen MR) is 143 cm³/mol. The van der Waals surface area contributed by atoms with Gasteiger partial charge >= 0.3 is 6.18 Å². The van der Waals surface area contributed by atoms with Crippen LogP contribution in [0.5, 0.6) is 0 Å². The first-order chi connectivity index (χ1) is 19.2. The molecule has 0 atom stereocenters. The largest absolute Gasteiger partial charge is 0.461 e. The lowest BCUT2D eigenvalue weighted by atomic mass is 10.1. The van der Waals surface area contributed by atoms with Gasteiger partial charge in [-0.2, -0.15) is 13.2 Å². The van der Waals surface area contributed by atoms with Crippen molar-refractivity contribution in [2.75, 3.05) is 6.54 Å². The molecule has 0 fully saturated rings. The van der Waals surface area contributed by atoms with Gasteiger partial charge < -0.3 is 14.2 Å². The maximum Gasteiger partial charge on any atom is 0.416 e. The van der Waals surface area contributed by atoms with E-state index >= 15 is 0 Å². The standard InChI is InChI=1S/C26H18Cl2F3N5O3S/c27-17-7-6-15(19(28)12-17)8-9-32-24(37)20-13-39-22(33-20)14-40-25-35-34-23(21-5-2-10-38-21)36(25)18-4-1-3-16(11-18)26(29,30)31/h1-7,10-13H,8-9,14H2,(H,32,37). The smallest absolute Gasteiger partial charge is 0.416 e.